The molecule has 3 heteroatoms. The van der Waals surface area contributed by atoms with Crippen LogP contribution in [0.5, 0.6) is 0 Å². The molecule has 1 heterocycles. The van der Waals surface area contributed by atoms with Gasteiger partial charge < -0.3 is 5.11 Å². The van der Waals surface area contributed by atoms with Crippen molar-refractivity contribution in [3.05, 3.63) is 59.3 Å². The molecule has 2 rings (SSSR count). The second-order valence-electron chi connectivity index (χ2n) is 4.36. The Morgan fingerprint density at radius 1 is 1.17 bits per heavy atom. The van der Waals surface area contributed by atoms with Gasteiger partial charge in [0.25, 0.3) is 0 Å². The molecule has 0 saturated carbocycles. The highest BCUT2D eigenvalue weighted by atomic mass is 32.2. The Labute approximate surface area is 112 Å². The number of hydrogen-bond acceptors (Lipinski definition) is 3. The quantitative estimate of drug-likeness (QED) is 0.853. The molecular weight excluding hydrogens is 242 g/mol. The van der Waals surface area contributed by atoms with Crippen LogP contribution in [0, 0.1) is 13.8 Å². The zero-order valence-corrected chi connectivity index (χ0v) is 11.4. The standard InChI is InChI=1S/C15H17NOS/c1-11-8-12(2)16-15(9-11)18-10-14(17)13-6-4-3-5-7-13/h3-9,14,17H,10H2,1-2H3. The van der Waals surface area contributed by atoms with Gasteiger partial charge in [-0.15, -0.1) is 11.8 Å². The maximum absolute atomic E-state index is 10.1. The van der Waals surface area contributed by atoms with Crippen LogP contribution in [-0.2, 0) is 0 Å². The molecule has 0 saturated heterocycles. The average Bonchev–Trinajstić information content (AvgIpc) is 2.36. The van der Waals surface area contributed by atoms with Crippen molar-refractivity contribution in [2.45, 2.75) is 25.0 Å². The number of pyridine rings is 1. The van der Waals surface area contributed by atoms with E-state index in [4.69, 9.17) is 0 Å². The largest absolute Gasteiger partial charge is 0.388 e. The Morgan fingerprint density at radius 3 is 2.56 bits per heavy atom. The van der Waals surface area contributed by atoms with E-state index in [-0.39, 0.29) is 0 Å². The third kappa shape index (κ3) is 3.59. The van der Waals surface area contributed by atoms with Gasteiger partial charge in [-0.05, 0) is 37.1 Å². The van der Waals surface area contributed by atoms with Crippen molar-refractivity contribution in [2.75, 3.05) is 5.75 Å². The number of hydrogen-bond donors (Lipinski definition) is 1. The van der Waals surface area contributed by atoms with Crippen molar-refractivity contribution in [1.29, 1.82) is 0 Å². The van der Waals surface area contributed by atoms with E-state index < -0.39 is 6.10 Å². The summed E-state index contributed by atoms with van der Waals surface area (Å²) in [6, 6.07) is 13.8. The molecule has 2 aromatic rings. The van der Waals surface area contributed by atoms with Gasteiger partial charge in [-0.3, -0.25) is 0 Å². The predicted octanol–water partition coefficient (Wildman–Crippen LogP) is 3.52. The van der Waals surface area contributed by atoms with E-state index >= 15 is 0 Å². The molecule has 1 atom stereocenters. The van der Waals surface area contributed by atoms with Gasteiger partial charge in [0.05, 0.1) is 11.1 Å². The summed E-state index contributed by atoms with van der Waals surface area (Å²) in [6.45, 7) is 4.05. The number of aliphatic hydroxyl groups excluding tert-OH is 1. The molecule has 1 N–H and O–H groups in total. The van der Waals surface area contributed by atoms with E-state index in [1.165, 1.54) is 5.56 Å². The number of aryl methyl sites for hydroxylation is 2. The average molecular weight is 259 g/mol. The van der Waals surface area contributed by atoms with Gasteiger partial charge in [0.1, 0.15) is 0 Å². The SMILES string of the molecule is Cc1cc(C)nc(SCC(O)c2ccccc2)c1. The van der Waals surface area contributed by atoms with Crippen molar-refractivity contribution >= 4 is 11.8 Å². The molecule has 1 unspecified atom stereocenters. The number of rotatable bonds is 4. The highest BCUT2D eigenvalue weighted by Crippen LogP contribution is 2.24. The molecule has 0 spiro atoms. The smallest absolute Gasteiger partial charge is 0.0966 e. The molecule has 0 fully saturated rings. The molecule has 94 valence electrons. The first-order chi connectivity index (χ1) is 8.65. The molecule has 0 aliphatic rings. The topological polar surface area (TPSA) is 33.1 Å². The van der Waals surface area contributed by atoms with Gasteiger partial charge in [0.2, 0.25) is 0 Å². The van der Waals surface area contributed by atoms with Crippen molar-refractivity contribution in [2.24, 2.45) is 0 Å². The van der Waals surface area contributed by atoms with E-state index in [1.54, 1.807) is 11.8 Å². The molecule has 0 radical (unpaired) electrons. The maximum Gasteiger partial charge on any atom is 0.0966 e. The number of nitrogens with zero attached hydrogens (tertiary/aromatic N) is 1. The first-order valence-corrected chi connectivity index (χ1v) is 6.95. The number of benzene rings is 1. The number of thioether (sulfide) groups is 1. The molecule has 18 heavy (non-hydrogen) atoms. The first-order valence-electron chi connectivity index (χ1n) is 5.96. The lowest BCUT2D eigenvalue weighted by Gasteiger charge is -2.10. The van der Waals surface area contributed by atoms with Crippen LogP contribution in [0.15, 0.2) is 47.5 Å². The summed E-state index contributed by atoms with van der Waals surface area (Å²) in [6.07, 6.45) is -0.446. The van der Waals surface area contributed by atoms with Crippen molar-refractivity contribution < 1.29 is 5.11 Å². The van der Waals surface area contributed by atoms with Crippen molar-refractivity contribution in [1.82, 2.24) is 4.98 Å². The fraction of sp³-hybridized carbons (Fsp3) is 0.267. The number of aliphatic hydroxyl groups is 1. The molecule has 2 nitrogen and oxygen atoms in total. The van der Waals surface area contributed by atoms with E-state index in [1.807, 2.05) is 37.3 Å². The van der Waals surface area contributed by atoms with Crippen LogP contribution >= 0.6 is 11.8 Å². The van der Waals surface area contributed by atoms with Crippen LogP contribution in [-0.4, -0.2) is 15.8 Å². The Bertz CT molecular complexity index is 493. The van der Waals surface area contributed by atoms with Gasteiger partial charge in [0, 0.05) is 11.4 Å². The zero-order valence-electron chi connectivity index (χ0n) is 10.6. The Hall–Kier alpha value is -1.32. The Morgan fingerprint density at radius 2 is 1.89 bits per heavy atom. The minimum absolute atomic E-state index is 0.446. The van der Waals surface area contributed by atoms with E-state index in [2.05, 4.69) is 24.0 Å². The highest BCUT2D eigenvalue weighted by Gasteiger charge is 2.08. The Balaban J connectivity index is 1.99. The lowest BCUT2D eigenvalue weighted by Crippen LogP contribution is -2.00. The summed E-state index contributed by atoms with van der Waals surface area (Å²) in [5.74, 6) is 0.625. The fourth-order valence-corrected chi connectivity index (χ4v) is 2.81. The van der Waals surface area contributed by atoms with Crippen LogP contribution in [0.4, 0.5) is 0 Å². The van der Waals surface area contributed by atoms with E-state index in [0.717, 1.165) is 16.3 Å². The fourth-order valence-electron chi connectivity index (χ4n) is 1.81. The summed E-state index contributed by atoms with van der Waals surface area (Å²) < 4.78 is 0. The van der Waals surface area contributed by atoms with Crippen molar-refractivity contribution in [3.63, 3.8) is 0 Å². The third-order valence-electron chi connectivity index (χ3n) is 2.65. The lowest BCUT2D eigenvalue weighted by molar-refractivity contribution is 0.204. The highest BCUT2D eigenvalue weighted by molar-refractivity contribution is 7.99. The Kier molecular flexibility index (Phi) is 4.39. The normalized spacial score (nSPS) is 12.4. The molecule has 1 aromatic heterocycles. The second-order valence-corrected chi connectivity index (χ2v) is 5.40. The lowest BCUT2D eigenvalue weighted by atomic mass is 10.1. The first kappa shape index (κ1) is 13.1. The van der Waals surface area contributed by atoms with Crippen LogP contribution in [0.3, 0.4) is 0 Å². The van der Waals surface area contributed by atoms with Gasteiger partial charge in [0.15, 0.2) is 0 Å². The summed E-state index contributed by atoms with van der Waals surface area (Å²) >= 11 is 1.59. The van der Waals surface area contributed by atoms with Gasteiger partial charge >= 0.3 is 0 Å². The summed E-state index contributed by atoms with van der Waals surface area (Å²) in [5, 5.41) is 11.0. The van der Waals surface area contributed by atoms with E-state index in [0.29, 0.717) is 5.75 Å². The molecule has 0 aliphatic carbocycles. The predicted molar refractivity (Wildman–Crippen MR) is 75.8 cm³/mol. The van der Waals surface area contributed by atoms with Crippen LogP contribution in [0.25, 0.3) is 0 Å². The van der Waals surface area contributed by atoms with Crippen LogP contribution in [0.2, 0.25) is 0 Å². The molecule has 0 amide bonds. The summed E-state index contributed by atoms with van der Waals surface area (Å²) in [5.41, 5.74) is 3.18. The molecular formula is C15H17NOS. The molecule has 0 bridgehead atoms. The van der Waals surface area contributed by atoms with Crippen LogP contribution in [0.1, 0.15) is 22.9 Å². The monoisotopic (exact) mass is 259 g/mol. The van der Waals surface area contributed by atoms with E-state index in [9.17, 15) is 5.11 Å². The van der Waals surface area contributed by atoms with Crippen LogP contribution < -0.4 is 0 Å². The second kappa shape index (κ2) is 6.03. The zero-order chi connectivity index (χ0) is 13.0. The summed E-state index contributed by atoms with van der Waals surface area (Å²) in [7, 11) is 0. The van der Waals surface area contributed by atoms with Crippen molar-refractivity contribution in [3.8, 4) is 0 Å². The summed E-state index contributed by atoms with van der Waals surface area (Å²) in [4.78, 5) is 4.45. The third-order valence-corrected chi connectivity index (χ3v) is 3.63. The van der Waals surface area contributed by atoms with Gasteiger partial charge in [-0.25, -0.2) is 4.98 Å². The maximum atomic E-state index is 10.1. The minimum Gasteiger partial charge on any atom is -0.388 e. The number of aromatic nitrogens is 1. The minimum atomic E-state index is -0.446. The molecule has 0 aliphatic heterocycles. The van der Waals surface area contributed by atoms with Gasteiger partial charge in [-0.2, -0.15) is 0 Å². The molecule has 1 aromatic carbocycles. The van der Waals surface area contributed by atoms with Gasteiger partial charge in [-0.1, -0.05) is 30.3 Å².